The molecule has 0 aliphatic rings. The summed E-state index contributed by atoms with van der Waals surface area (Å²) in [5, 5.41) is 12.7. The van der Waals surface area contributed by atoms with Crippen molar-refractivity contribution in [2.24, 2.45) is 0 Å². The van der Waals surface area contributed by atoms with Gasteiger partial charge in [0.1, 0.15) is 18.5 Å². The highest BCUT2D eigenvalue weighted by molar-refractivity contribution is 6.04. The van der Waals surface area contributed by atoms with Crippen molar-refractivity contribution in [1.82, 2.24) is 4.90 Å². The predicted molar refractivity (Wildman–Crippen MR) is 100 cm³/mol. The van der Waals surface area contributed by atoms with Crippen molar-refractivity contribution in [2.75, 3.05) is 32.6 Å². The molecule has 1 amide bonds. The van der Waals surface area contributed by atoms with Crippen LogP contribution in [0, 0.1) is 13.8 Å². The molecule has 0 heterocycles. The average molecular weight is 342 g/mol. The van der Waals surface area contributed by atoms with Gasteiger partial charge in [-0.3, -0.25) is 4.79 Å². The lowest BCUT2D eigenvalue weighted by molar-refractivity contribution is 0.0831. The van der Waals surface area contributed by atoms with Crippen molar-refractivity contribution < 1.29 is 14.6 Å². The Labute approximate surface area is 149 Å². The van der Waals surface area contributed by atoms with Gasteiger partial charge in [-0.25, -0.2) is 0 Å². The van der Waals surface area contributed by atoms with Crippen LogP contribution in [0.5, 0.6) is 5.75 Å². The van der Waals surface area contributed by atoms with Crippen LogP contribution in [0.2, 0.25) is 0 Å². The molecule has 2 aromatic rings. The van der Waals surface area contributed by atoms with Gasteiger partial charge in [0, 0.05) is 17.8 Å². The molecule has 0 aliphatic carbocycles. The van der Waals surface area contributed by atoms with E-state index in [9.17, 15) is 9.90 Å². The van der Waals surface area contributed by atoms with E-state index >= 15 is 0 Å². The summed E-state index contributed by atoms with van der Waals surface area (Å²) in [6.45, 7) is 4.72. The number of aliphatic hydroxyl groups is 1. The van der Waals surface area contributed by atoms with Gasteiger partial charge in [-0.15, -0.1) is 0 Å². The minimum Gasteiger partial charge on any atom is -0.491 e. The van der Waals surface area contributed by atoms with E-state index in [4.69, 9.17) is 4.74 Å². The zero-order chi connectivity index (χ0) is 18.4. The van der Waals surface area contributed by atoms with Crippen LogP contribution in [0.3, 0.4) is 0 Å². The molecular formula is C20H26N2O3. The monoisotopic (exact) mass is 342 g/mol. The predicted octanol–water partition coefficient (Wildman–Crippen LogP) is 2.86. The molecule has 1 unspecified atom stereocenters. The summed E-state index contributed by atoms with van der Waals surface area (Å²) in [5.74, 6) is 0.518. The molecule has 0 saturated heterocycles. The Bertz CT molecular complexity index is 691. The SMILES string of the molecule is Cc1cc(C)cc(C(=O)Nc2ccc(OCC(O)CN(C)C)cc2)c1. The largest absolute Gasteiger partial charge is 0.491 e. The third-order valence-electron chi connectivity index (χ3n) is 3.61. The molecule has 25 heavy (non-hydrogen) atoms. The summed E-state index contributed by atoms with van der Waals surface area (Å²) in [6.07, 6.45) is -0.543. The first-order valence-electron chi connectivity index (χ1n) is 8.29. The van der Waals surface area contributed by atoms with E-state index in [1.165, 1.54) is 0 Å². The molecule has 0 aliphatic heterocycles. The Morgan fingerprint density at radius 3 is 2.28 bits per heavy atom. The van der Waals surface area contributed by atoms with Crippen LogP contribution >= 0.6 is 0 Å². The number of amides is 1. The van der Waals surface area contributed by atoms with Gasteiger partial charge in [-0.05, 0) is 64.3 Å². The van der Waals surface area contributed by atoms with Crippen molar-refractivity contribution in [3.8, 4) is 5.75 Å². The van der Waals surface area contributed by atoms with Gasteiger partial charge < -0.3 is 20.1 Å². The summed E-state index contributed by atoms with van der Waals surface area (Å²) in [6, 6.07) is 12.9. The summed E-state index contributed by atoms with van der Waals surface area (Å²) in [5.41, 5.74) is 3.46. The van der Waals surface area contributed by atoms with Crippen LogP contribution < -0.4 is 10.1 Å². The average Bonchev–Trinajstić information content (AvgIpc) is 2.52. The second-order valence-corrected chi connectivity index (χ2v) is 6.58. The minimum absolute atomic E-state index is 0.137. The van der Waals surface area contributed by atoms with Gasteiger partial charge in [0.25, 0.3) is 5.91 Å². The molecule has 5 nitrogen and oxygen atoms in total. The second-order valence-electron chi connectivity index (χ2n) is 6.58. The van der Waals surface area contributed by atoms with E-state index in [1.807, 2.05) is 51.0 Å². The summed E-state index contributed by atoms with van der Waals surface area (Å²) >= 11 is 0. The molecule has 0 spiro atoms. The van der Waals surface area contributed by atoms with Crippen molar-refractivity contribution in [2.45, 2.75) is 20.0 Å². The smallest absolute Gasteiger partial charge is 0.255 e. The Hall–Kier alpha value is -2.37. The Kier molecular flexibility index (Phi) is 6.56. The maximum atomic E-state index is 12.3. The van der Waals surface area contributed by atoms with Crippen LogP contribution in [-0.4, -0.2) is 49.3 Å². The van der Waals surface area contributed by atoms with Gasteiger partial charge in [0.15, 0.2) is 0 Å². The highest BCUT2D eigenvalue weighted by atomic mass is 16.5. The first kappa shape index (κ1) is 19.0. The van der Waals surface area contributed by atoms with E-state index < -0.39 is 6.10 Å². The van der Waals surface area contributed by atoms with Gasteiger partial charge in [-0.1, -0.05) is 17.2 Å². The van der Waals surface area contributed by atoms with E-state index in [1.54, 1.807) is 24.3 Å². The lowest BCUT2D eigenvalue weighted by atomic mass is 10.1. The number of aryl methyl sites for hydroxylation is 2. The number of likely N-dealkylation sites (N-methyl/N-ethyl adjacent to an activating group) is 1. The van der Waals surface area contributed by atoms with Crippen molar-refractivity contribution in [1.29, 1.82) is 0 Å². The lowest BCUT2D eigenvalue weighted by Crippen LogP contribution is -2.30. The number of hydrogen-bond donors (Lipinski definition) is 2. The minimum atomic E-state index is -0.543. The number of ether oxygens (including phenoxy) is 1. The molecule has 0 radical (unpaired) electrons. The van der Waals surface area contributed by atoms with Gasteiger partial charge in [0.05, 0.1) is 0 Å². The van der Waals surface area contributed by atoms with E-state index in [-0.39, 0.29) is 12.5 Å². The summed E-state index contributed by atoms with van der Waals surface area (Å²) in [7, 11) is 3.80. The number of hydrogen-bond acceptors (Lipinski definition) is 4. The van der Waals surface area contributed by atoms with Crippen LogP contribution in [0.4, 0.5) is 5.69 Å². The zero-order valence-corrected chi connectivity index (χ0v) is 15.2. The molecule has 0 aromatic heterocycles. The third-order valence-corrected chi connectivity index (χ3v) is 3.61. The second kappa shape index (κ2) is 8.65. The quantitative estimate of drug-likeness (QED) is 0.812. The van der Waals surface area contributed by atoms with Gasteiger partial charge in [0.2, 0.25) is 0 Å². The molecule has 134 valence electrons. The van der Waals surface area contributed by atoms with Crippen LogP contribution in [0.15, 0.2) is 42.5 Å². The van der Waals surface area contributed by atoms with E-state index in [0.717, 1.165) is 11.1 Å². The van der Waals surface area contributed by atoms with E-state index in [0.29, 0.717) is 23.5 Å². The highest BCUT2D eigenvalue weighted by Crippen LogP contribution is 2.17. The number of carbonyl (C=O) groups is 1. The first-order chi connectivity index (χ1) is 11.8. The number of anilines is 1. The topological polar surface area (TPSA) is 61.8 Å². The maximum Gasteiger partial charge on any atom is 0.255 e. The number of nitrogens with one attached hydrogen (secondary N) is 1. The number of carbonyl (C=O) groups excluding carboxylic acids is 1. The Balaban J connectivity index is 1.92. The number of nitrogens with zero attached hydrogens (tertiary/aromatic N) is 1. The molecule has 2 rings (SSSR count). The Morgan fingerprint density at radius 1 is 1.12 bits per heavy atom. The molecule has 2 aromatic carbocycles. The molecule has 1 atom stereocenters. The van der Waals surface area contributed by atoms with Crippen molar-refractivity contribution in [3.63, 3.8) is 0 Å². The fourth-order valence-electron chi connectivity index (χ4n) is 2.61. The van der Waals surface area contributed by atoms with Crippen molar-refractivity contribution >= 4 is 11.6 Å². The number of rotatable bonds is 7. The van der Waals surface area contributed by atoms with Crippen LogP contribution in [0.1, 0.15) is 21.5 Å². The fraction of sp³-hybridized carbons (Fsp3) is 0.350. The third kappa shape index (κ3) is 6.21. The summed E-state index contributed by atoms with van der Waals surface area (Å²) < 4.78 is 5.56. The Morgan fingerprint density at radius 2 is 1.72 bits per heavy atom. The molecular weight excluding hydrogens is 316 g/mol. The zero-order valence-electron chi connectivity index (χ0n) is 15.2. The normalized spacial score (nSPS) is 12.1. The fourth-order valence-corrected chi connectivity index (χ4v) is 2.61. The molecule has 2 N–H and O–H groups in total. The maximum absolute atomic E-state index is 12.3. The number of aliphatic hydroxyl groups excluding tert-OH is 1. The van der Waals surface area contributed by atoms with E-state index in [2.05, 4.69) is 5.32 Å². The van der Waals surface area contributed by atoms with Crippen LogP contribution in [0.25, 0.3) is 0 Å². The highest BCUT2D eigenvalue weighted by Gasteiger charge is 2.09. The first-order valence-corrected chi connectivity index (χ1v) is 8.29. The van der Waals surface area contributed by atoms with Gasteiger partial charge >= 0.3 is 0 Å². The molecule has 0 fully saturated rings. The standard InChI is InChI=1S/C20H26N2O3/c1-14-9-15(2)11-16(10-14)20(24)21-17-5-7-19(8-6-17)25-13-18(23)12-22(3)4/h5-11,18,23H,12-13H2,1-4H3,(H,21,24). The van der Waals surface area contributed by atoms with Gasteiger partial charge in [-0.2, -0.15) is 0 Å². The number of benzene rings is 2. The molecule has 0 bridgehead atoms. The summed E-state index contributed by atoms with van der Waals surface area (Å²) in [4.78, 5) is 14.2. The van der Waals surface area contributed by atoms with Crippen LogP contribution in [-0.2, 0) is 0 Å². The molecule has 5 heteroatoms. The van der Waals surface area contributed by atoms with Crippen molar-refractivity contribution in [3.05, 3.63) is 59.2 Å². The molecule has 0 saturated carbocycles. The lowest BCUT2D eigenvalue weighted by Gasteiger charge is -2.16.